The number of pyridine rings is 1. The molecule has 4 rings (SSSR count). The third kappa shape index (κ3) is 4.83. The van der Waals surface area contributed by atoms with Crippen molar-refractivity contribution in [1.29, 1.82) is 0 Å². The number of benzene rings is 1. The van der Waals surface area contributed by atoms with Crippen LogP contribution in [0.15, 0.2) is 55.0 Å². The summed E-state index contributed by atoms with van der Waals surface area (Å²) in [6.45, 7) is 4.40. The van der Waals surface area contributed by atoms with Gasteiger partial charge in [-0.05, 0) is 43.4 Å². The minimum Gasteiger partial charge on any atom is -0.353 e. The van der Waals surface area contributed by atoms with E-state index in [1.807, 2.05) is 24.5 Å². The molecular formula is C22H25ClN6. The lowest BCUT2D eigenvalue weighted by atomic mass is 10.1. The number of halogens is 1. The van der Waals surface area contributed by atoms with Gasteiger partial charge in [0.15, 0.2) is 0 Å². The molecule has 0 N–H and O–H groups in total. The third-order valence-electron chi connectivity index (χ3n) is 5.00. The fourth-order valence-electron chi connectivity index (χ4n) is 3.54. The average molecular weight is 409 g/mol. The van der Waals surface area contributed by atoms with E-state index >= 15 is 0 Å². The van der Waals surface area contributed by atoms with Gasteiger partial charge in [0.1, 0.15) is 5.82 Å². The van der Waals surface area contributed by atoms with Gasteiger partial charge in [-0.1, -0.05) is 29.8 Å². The summed E-state index contributed by atoms with van der Waals surface area (Å²) >= 11 is 5.93. The third-order valence-corrected chi connectivity index (χ3v) is 5.22. The molecule has 0 aliphatic carbocycles. The second-order valence-corrected chi connectivity index (χ2v) is 7.96. The molecule has 1 aliphatic rings. The van der Waals surface area contributed by atoms with Gasteiger partial charge in [0.25, 0.3) is 0 Å². The van der Waals surface area contributed by atoms with Crippen molar-refractivity contribution in [3.05, 3.63) is 65.6 Å². The normalized spacial score (nSPS) is 14.5. The van der Waals surface area contributed by atoms with Crippen LogP contribution >= 0.6 is 11.6 Å². The fourth-order valence-corrected chi connectivity index (χ4v) is 3.65. The molecule has 7 heteroatoms. The van der Waals surface area contributed by atoms with Gasteiger partial charge >= 0.3 is 0 Å². The molecule has 1 aromatic carbocycles. The Morgan fingerprint density at radius 1 is 0.862 bits per heavy atom. The zero-order chi connectivity index (χ0) is 20.2. The lowest BCUT2D eigenvalue weighted by Gasteiger charge is -2.35. The quantitative estimate of drug-likeness (QED) is 0.643. The highest BCUT2D eigenvalue weighted by molar-refractivity contribution is 6.30. The first-order valence-electron chi connectivity index (χ1n) is 9.76. The summed E-state index contributed by atoms with van der Waals surface area (Å²) in [4.78, 5) is 20.3. The van der Waals surface area contributed by atoms with Crippen LogP contribution in [0, 0.1) is 0 Å². The van der Waals surface area contributed by atoms with Crippen LogP contribution in [0.1, 0.15) is 5.56 Å². The van der Waals surface area contributed by atoms with Gasteiger partial charge in [0.2, 0.25) is 5.95 Å². The maximum atomic E-state index is 5.93. The van der Waals surface area contributed by atoms with E-state index in [0.717, 1.165) is 55.6 Å². The molecule has 150 valence electrons. The lowest BCUT2D eigenvalue weighted by Crippen LogP contribution is -2.47. The maximum absolute atomic E-state index is 5.93. The van der Waals surface area contributed by atoms with Gasteiger partial charge in [0.05, 0.1) is 5.02 Å². The van der Waals surface area contributed by atoms with Crippen LogP contribution in [0.4, 0.5) is 11.8 Å². The molecule has 6 nitrogen and oxygen atoms in total. The average Bonchev–Trinajstić information content (AvgIpc) is 2.74. The molecule has 3 aromatic rings. The summed E-state index contributed by atoms with van der Waals surface area (Å²) in [6.07, 6.45) is 5.53. The highest BCUT2D eigenvalue weighted by atomic mass is 35.5. The summed E-state index contributed by atoms with van der Waals surface area (Å²) in [5, 5.41) is 0.660. The number of anilines is 2. The Kier molecular flexibility index (Phi) is 5.92. The zero-order valence-corrected chi connectivity index (χ0v) is 17.5. The molecule has 1 saturated heterocycles. The van der Waals surface area contributed by atoms with Crippen LogP contribution in [0.5, 0.6) is 0 Å². The number of nitrogens with zero attached hydrogens (tertiary/aromatic N) is 6. The molecule has 0 amide bonds. The summed E-state index contributed by atoms with van der Waals surface area (Å²) in [7, 11) is 4.15. The lowest BCUT2D eigenvalue weighted by molar-refractivity contribution is 0.402. The van der Waals surface area contributed by atoms with E-state index < -0.39 is 0 Å². The first-order valence-corrected chi connectivity index (χ1v) is 10.1. The van der Waals surface area contributed by atoms with Gasteiger partial charge in [-0.25, -0.2) is 15.0 Å². The number of hydrogen-bond donors (Lipinski definition) is 0. The SMILES string of the molecule is CN(C)Cc1cccc(-c2cnc(N3CCN(c4ccc(Cl)cn4)CC3)nc2)c1. The van der Waals surface area contributed by atoms with Gasteiger partial charge < -0.3 is 14.7 Å². The van der Waals surface area contributed by atoms with Crippen LogP contribution in [-0.2, 0) is 6.54 Å². The molecule has 0 unspecified atom stereocenters. The molecule has 0 saturated carbocycles. The number of hydrogen-bond acceptors (Lipinski definition) is 6. The minimum atomic E-state index is 0.660. The standard InChI is InChI=1S/C22H25ClN6/c1-27(2)16-17-4-3-5-18(12-17)19-13-25-22(26-14-19)29-10-8-28(9-11-29)21-7-6-20(23)15-24-21/h3-7,12-15H,8-11,16H2,1-2H3. The monoisotopic (exact) mass is 408 g/mol. The van der Waals surface area contributed by atoms with Crippen molar-refractivity contribution >= 4 is 23.4 Å². The highest BCUT2D eigenvalue weighted by Crippen LogP contribution is 2.22. The van der Waals surface area contributed by atoms with Crippen LogP contribution in [0.3, 0.4) is 0 Å². The Hall–Kier alpha value is -2.70. The molecule has 1 fully saturated rings. The van der Waals surface area contributed by atoms with Crippen molar-refractivity contribution in [3.63, 3.8) is 0 Å². The number of rotatable bonds is 5. The predicted octanol–water partition coefficient (Wildman–Crippen LogP) is 3.58. The van der Waals surface area contributed by atoms with Crippen molar-refractivity contribution in [3.8, 4) is 11.1 Å². The topological polar surface area (TPSA) is 48.4 Å². The fraction of sp³-hybridized carbons (Fsp3) is 0.318. The molecule has 29 heavy (non-hydrogen) atoms. The largest absolute Gasteiger partial charge is 0.353 e. The Bertz CT molecular complexity index is 934. The first kappa shape index (κ1) is 19.6. The van der Waals surface area contributed by atoms with E-state index in [4.69, 9.17) is 11.6 Å². The summed E-state index contributed by atoms with van der Waals surface area (Å²) in [5.74, 6) is 1.74. The van der Waals surface area contributed by atoms with E-state index in [-0.39, 0.29) is 0 Å². The van der Waals surface area contributed by atoms with E-state index in [1.165, 1.54) is 5.56 Å². The Balaban J connectivity index is 1.40. The molecule has 0 atom stereocenters. The molecule has 2 aromatic heterocycles. The van der Waals surface area contributed by atoms with Crippen LogP contribution in [-0.4, -0.2) is 60.1 Å². The van der Waals surface area contributed by atoms with E-state index in [0.29, 0.717) is 5.02 Å². The van der Waals surface area contributed by atoms with Crippen molar-refractivity contribution in [2.45, 2.75) is 6.54 Å². The van der Waals surface area contributed by atoms with Crippen LogP contribution in [0.2, 0.25) is 5.02 Å². The smallest absolute Gasteiger partial charge is 0.225 e. The predicted molar refractivity (Wildman–Crippen MR) is 119 cm³/mol. The van der Waals surface area contributed by atoms with Gasteiger partial charge in [0, 0.05) is 56.9 Å². The summed E-state index contributed by atoms with van der Waals surface area (Å²) < 4.78 is 0. The van der Waals surface area contributed by atoms with E-state index in [2.05, 4.69) is 68.0 Å². The molecule has 3 heterocycles. The molecule has 0 bridgehead atoms. The molecule has 0 spiro atoms. The highest BCUT2D eigenvalue weighted by Gasteiger charge is 2.20. The summed E-state index contributed by atoms with van der Waals surface area (Å²) in [6, 6.07) is 12.4. The Morgan fingerprint density at radius 3 is 2.24 bits per heavy atom. The maximum Gasteiger partial charge on any atom is 0.225 e. The van der Waals surface area contributed by atoms with Crippen molar-refractivity contribution in [2.24, 2.45) is 0 Å². The van der Waals surface area contributed by atoms with Crippen molar-refractivity contribution in [1.82, 2.24) is 19.9 Å². The second kappa shape index (κ2) is 8.76. The van der Waals surface area contributed by atoms with Gasteiger partial charge in [-0.2, -0.15) is 0 Å². The van der Waals surface area contributed by atoms with Gasteiger partial charge in [-0.15, -0.1) is 0 Å². The summed E-state index contributed by atoms with van der Waals surface area (Å²) in [5.41, 5.74) is 3.47. The zero-order valence-electron chi connectivity index (χ0n) is 16.8. The second-order valence-electron chi connectivity index (χ2n) is 7.52. The first-order chi connectivity index (χ1) is 14.1. The molecular weight excluding hydrogens is 384 g/mol. The van der Waals surface area contributed by atoms with Crippen molar-refractivity contribution in [2.75, 3.05) is 50.1 Å². The Labute approximate surface area is 176 Å². The van der Waals surface area contributed by atoms with E-state index in [1.54, 1.807) is 6.20 Å². The molecule has 0 radical (unpaired) electrons. The van der Waals surface area contributed by atoms with Crippen LogP contribution in [0.25, 0.3) is 11.1 Å². The van der Waals surface area contributed by atoms with Gasteiger partial charge in [-0.3, -0.25) is 0 Å². The molecule has 1 aliphatic heterocycles. The Morgan fingerprint density at radius 2 is 1.59 bits per heavy atom. The number of aromatic nitrogens is 3. The van der Waals surface area contributed by atoms with E-state index in [9.17, 15) is 0 Å². The number of piperazine rings is 1. The van der Waals surface area contributed by atoms with Crippen molar-refractivity contribution < 1.29 is 0 Å². The van der Waals surface area contributed by atoms with Crippen LogP contribution < -0.4 is 9.80 Å². The minimum absolute atomic E-state index is 0.660.